The largest absolute Gasteiger partial charge is 0.350 e. The molecule has 2 rings (SSSR count). The zero-order valence-electron chi connectivity index (χ0n) is 13.7. The van der Waals surface area contributed by atoms with Crippen LogP contribution in [0.15, 0.2) is 24.3 Å². The Labute approximate surface area is 127 Å². The van der Waals surface area contributed by atoms with E-state index in [-0.39, 0.29) is 5.54 Å². The molecule has 0 aliphatic carbocycles. The number of nitrogens with zero attached hydrogens (tertiary/aromatic N) is 2. The van der Waals surface area contributed by atoms with E-state index in [0.717, 1.165) is 17.2 Å². The molecule has 21 heavy (non-hydrogen) atoms. The van der Waals surface area contributed by atoms with E-state index in [0.29, 0.717) is 5.95 Å². The van der Waals surface area contributed by atoms with Crippen LogP contribution in [-0.4, -0.2) is 15.5 Å². The highest BCUT2D eigenvalue weighted by Crippen LogP contribution is 2.20. The van der Waals surface area contributed by atoms with E-state index in [9.17, 15) is 0 Å². The van der Waals surface area contributed by atoms with Gasteiger partial charge in [-0.05, 0) is 64.8 Å². The zero-order chi connectivity index (χ0) is 15.6. The number of nitrogens with one attached hydrogen (secondary N) is 2. The van der Waals surface area contributed by atoms with Gasteiger partial charge in [-0.1, -0.05) is 6.07 Å². The summed E-state index contributed by atoms with van der Waals surface area (Å²) < 4.78 is 0. The Kier molecular flexibility index (Phi) is 4.16. The van der Waals surface area contributed by atoms with Gasteiger partial charge in [-0.2, -0.15) is 4.98 Å². The minimum atomic E-state index is -0.0645. The van der Waals surface area contributed by atoms with Crippen molar-refractivity contribution < 1.29 is 0 Å². The summed E-state index contributed by atoms with van der Waals surface area (Å²) in [5.41, 5.74) is 4.38. The minimum absolute atomic E-state index is 0.0645. The molecule has 2 N–H and O–H groups in total. The number of rotatable bonds is 3. The van der Waals surface area contributed by atoms with Crippen LogP contribution in [0, 0.1) is 20.8 Å². The van der Waals surface area contributed by atoms with Crippen molar-refractivity contribution in [1.82, 2.24) is 9.97 Å². The maximum absolute atomic E-state index is 4.54. The van der Waals surface area contributed by atoms with Gasteiger partial charge in [0.2, 0.25) is 5.95 Å². The highest BCUT2D eigenvalue weighted by molar-refractivity contribution is 5.59. The van der Waals surface area contributed by atoms with Crippen molar-refractivity contribution in [1.29, 1.82) is 0 Å². The lowest BCUT2D eigenvalue weighted by Gasteiger charge is -2.21. The summed E-state index contributed by atoms with van der Waals surface area (Å²) in [5, 5.41) is 6.67. The van der Waals surface area contributed by atoms with E-state index in [1.165, 1.54) is 11.1 Å². The van der Waals surface area contributed by atoms with E-state index >= 15 is 0 Å². The standard InChI is InChI=1S/C17H24N4/c1-11-7-12(2)9-14(8-11)19-15-10-13(3)18-16(20-15)21-17(4,5)6/h7-10H,1-6H3,(H2,18,19,20,21). The highest BCUT2D eigenvalue weighted by atomic mass is 15.2. The Bertz CT molecular complexity index is 621. The maximum Gasteiger partial charge on any atom is 0.225 e. The topological polar surface area (TPSA) is 49.8 Å². The first-order valence-corrected chi connectivity index (χ1v) is 7.20. The Balaban J connectivity index is 2.27. The molecular weight excluding hydrogens is 260 g/mol. The molecular formula is C17H24N4. The molecule has 0 saturated heterocycles. The zero-order valence-corrected chi connectivity index (χ0v) is 13.7. The molecule has 0 aliphatic rings. The third-order valence-electron chi connectivity index (χ3n) is 2.84. The third kappa shape index (κ3) is 4.74. The molecule has 0 unspecified atom stereocenters. The van der Waals surface area contributed by atoms with Crippen LogP contribution < -0.4 is 10.6 Å². The fraction of sp³-hybridized carbons (Fsp3) is 0.412. The average Bonchev–Trinajstić information content (AvgIpc) is 2.23. The monoisotopic (exact) mass is 284 g/mol. The number of hydrogen-bond acceptors (Lipinski definition) is 4. The van der Waals surface area contributed by atoms with Gasteiger partial charge < -0.3 is 10.6 Å². The quantitative estimate of drug-likeness (QED) is 0.879. The molecule has 4 nitrogen and oxygen atoms in total. The Morgan fingerprint density at radius 3 is 2.05 bits per heavy atom. The van der Waals surface area contributed by atoms with Gasteiger partial charge in [0.05, 0.1) is 0 Å². The first-order chi connectivity index (χ1) is 9.71. The van der Waals surface area contributed by atoms with E-state index in [2.05, 4.69) is 73.4 Å². The molecule has 1 aromatic carbocycles. The molecule has 1 heterocycles. The van der Waals surface area contributed by atoms with Crippen molar-refractivity contribution in [2.24, 2.45) is 0 Å². The summed E-state index contributed by atoms with van der Waals surface area (Å²) in [6, 6.07) is 8.33. The van der Waals surface area contributed by atoms with E-state index in [4.69, 9.17) is 0 Å². The van der Waals surface area contributed by atoms with Crippen molar-refractivity contribution in [3.05, 3.63) is 41.1 Å². The van der Waals surface area contributed by atoms with Gasteiger partial charge in [0.25, 0.3) is 0 Å². The minimum Gasteiger partial charge on any atom is -0.350 e. The van der Waals surface area contributed by atoms with Gasteiger partial charge in [-0.25, -0.2) is 4.98 Å². The molecule has 112 valence electrons. The predicted molar refractivity (Wildman–Crippen MR) is 89.3 cm³/mol. The van der Waals surface area contributed by atoms with Crippen molar-refractivity contribution in [2.45, 2.75) is 47.1 Å². The molecule has 1 aromatic heterocycles. The van der Waals surface area contributed by atoms with Crippen molar-refractivity contribution in [3.8, 4) is 0 Å². The molecule has 4 heteroatoms. The lowest BCUT2D eigenvalue weighted by atomic mass is 10.1. The van der Waals surface area contributed by atoms with Crippen molar-refractivity contribution in [3.63, 3.8) is 0 Å². The van der Waals surface area contributed by atoms with Crippen LogP contribution in [0.4, 0.5) is 17.5 Å². The summed E-state index contributed by atoms with van der Waals surface area (Å²) in [6.07, 6.45) is 0. The van der Waals surface area contributed by atoms with Crippen LogP contribution in [0.5, 0.6) is 0 Å². The summed E-state index contributed by atoms with van der Waals surface area (Å²) in [4.78, 5) is 8.97. The second kappa shape index (κ2) is 5.72. The van der Waals surface area contributed by atoms with Crippen LogP contribution in [0.3, 0.4) is 0 Å². The number of hydrogen-bond donors (Lipinski definition) is 2. The third-order valence-corrected chi connectivity index (χ3v) is 2.84. The number of anilines is 3. The van der Waals surface area contributed by atoms with Gasteiger partial charge >= 0.3 is 0 Å². The highest BCUT2D eigenvalue weighted by Gasteiger charge is 2.12. The average molecular weight is 284 g/mol. The first-order valence-electron chi connectivity index (χ1n) is 7.20. The van der Waals surface area contributed by atoms with Gasteiger partial charge in [0.1, 0.15) is 5.82 Å². The van der Waals surface area contributed by atoms with Crippen molar-refractivity contribution in [2.75, 3.05) is 10.6 Å². The second-order valence-corrected chi connectivity index (χ2v) is 6.59. The van der Waals surface area contributed by atoms with Crippen molar-refractivity contribution >= 4 is 17.5 Å². The molecule has 0 spiro atoms. The maximum atomic E-state index is 4.54. The fourth-order valence-electron chi connectivity index (χ4n) is 2.22. The lowest BCUT2D eigenvalue weighted by Crippen LogP contribution is -2.27. The summed E-state index contributed by atoms with van der Waals surface area (Å²) in [5.74, 6) is 1.45. The van der Waals surface area contributed by atoms with Crippen LogP contribution >= 0.6 is 0 Å². The Morgan fingerprint density at radius 2 is 1.48 bits per heavy atom. The molecule has 0 radical (unpaired) electrons. The molecule has 0 fully saturated rings. The molecule has 0 saturated carbocycles. The summed E-state index contributed by atoms with van der Waals surface area (Å²) >= 11 is 0. The number of aryl methyl sites for hydroxylation is 3. The number of benzene rings is 1. The molecule has 0 aliphatic heterocycles. The summed E-state index contributed by atoms with van der Waals surface area (Å²) in [6.45, 7) is 12.4. The second-order valence-electron chi connectivity index (χ2n) is 6.59. The molecule has 0 bridgehead atoms. The van der Waals surface area contributed by atoms with E-state index in [1.54, 1.807) is 0 Å². The van der Waals surface area contributed by atoms with E-state index < -0.39 is 0 Å². The van der Waals surface area contributed by atoms with Gasteiger partial charge in [0, 0.05) is 23.0 Å². The predicted octanol–water partition coefficient (Wildman–Crippen LogP) is 4.36. The SMILES string of the molecule is Cc1cc(C)cc(Nc2cc(C)nc(NC(C)(C)C)n2)c1. The lowest BCUT2D eigenvalue weighted by molar-refractivity contribution is 0.625. The smallest absolute Gasteiger partial charge is 0.225 e. The first kappa shape index (κ1) is 15.3. The van der Waals surface area contributed by atoms with Gasteiger partial charge in [0.15, 0.2) is 0 Å². The number of aromatic nitrogens is 2. The van der Waals surface area contributed by atoms with Crippen LogP contribution in [-0.2, 0) is 0 Å². The van der Waals surface area contributed by atoms with E-state index in [1.807, 2.05) is 13.0 Å². The van der Waals surface area contributed by atoms with Gasteiger partial charge in [-0.15, -0.1) is 0 Å². The fourth-order valence-corrected chi connectivity index (χ4v) is 2.22. The summed E-state index contributed by atoms with van der Waals surface area (Å²) in [7, 11) is 0. The normalized spacial score (nSPS) is 11.3. The Morgan fingerprint density at radius 1 is 0.857 bits per heavy atom. The van der Waals surface area contributed by atoms with Crippen LogP contribution in [0.25, 0.3) is 0 Å². The van der Waals surface area contributed by atoms with Crippen LogP contribution in [0.1, 0.15) is 37.6 Å². The molecule has 2 aromatic rings. The Hall–Kier alpha value is -2.10. The molecule has 0 atom stereocenters. The molecule has 0 amide bonds. The van der Waals surface area contributed by atoms with Crippen LogP contribution in [0.2, 0.25) is 0 Å². The van der Waals surface area contributed by atoms with Gasteiger partial charge in [-0.3, -0.25) is 0 Å².